The smallest absolute Gasteiger partial charge is 0.222 e. The molecule has 0 saturated carbocycles. The van der Waals surface area contributed by atoms with Crippen LogP contribution >= 0.6 is 12.2 Å². The number of rotatable bonds is 7. The van der Waals surface area contributed by atoms with E-state index in [0.717, 1.165) is 11.3 Å². The first-order chi connectivity index (χ1) is 9.08. The Hall–Kier alpha value is -1.62. The summed E-state index contributed by atoms with van der Waals surface area (Å²) in [6.45, 7) is 2.90. The average Bonchev–Trinajstić information content (AvgIpc) is 2.42. The Morgan fingerprint density at radius 2 is 2.11 bits per heavy atom. The molecule has 4 nitrogen and oxygen atoms in total. The molecule has 0 spiro atoms. The van der Waals surface area contributed by atoms with Gasteiger partial charge in [-0.25, -0.2) is 0 Å². The van der Waals surface area contributed by atoms with E-state index in [4.69, 9.17) is 22.7 Å². The first-order valence-electron chi connectivity index (χ1n) is 6.26. The van der Waals surface area contributed by atoms with Gasteiger partial charge in [-0.15, -0.1) is 0 Å². The number of benzene rings is 1. The Morgan fingerprint density at radius 3 is 2.68 bits per heavy atom. The molecule has 1 rings (SSSR count). The third-order valence-electron chi connectivity index (χ3n) is 2.84. The summed E-state index contributed by atoms with van der Waals surface area (Å²) in [5.41, 5.74) is 6.48. The second kappa shape index (κ2) is 7.74. The number of thiocarbonyl (C=S) groups is 1. The standard InChI is InChI=1S/C14H20N2O2S/c1-3-14(17)16(9-8-13(15)19)10-11-6-4-5-7-12(11)18-2/h4-7H,3,8-10H2,1-2H3,(H2,15,19). The number of hydrogen-bond donors (Lipinski definition) is 1. The van der Waals surface area contributed by atoms with Gasteiger partial charge in [-0.2, -0.15) is 0 Å². The Morgan fingerprint density at radius 1 is 1.42 bits per heavy atom. The van der Waals surface area contributed by atoms with Crippen molar-refractivity contribution in [3.05, 3.63) is 29.8 Å². The highest BCUT2D eigenvalue weighted by Gasteiger charge is 2.14. The number of para-hydroxylation sites is 1. The van der Waals surface area contributed by atoms with Crippen molar-refractivity contribution in [3.8, 4) is 5.75 Å². The fourth-order valence-electron chi connectivity index (χ4n) is 1.80. The van der Waals surface area contributed by atoms with E-state index in [0.29, 0.717) is 30.9 Å². The third-order valence-corrected chi connectivity index (χ3v) is 3.04. The van der Waals surface area contributed by atoms with E-state index in [1.165, 1.54) is 0 Å². The van der Waals surface area contributed by atoms with E-state index >= 15 is 0 Å². The number of amides is 1. The molecule has 1 amide bonds. The monoisotopic (exact) mass is 280 g/mol. The van der Waals surface area contributed by atoms with Crippen LogP contribution in [0.15, 0.2) is 24.3 Å². The Balaban J connectivity index is 2.81. The molecule has 0 aliphatic carbocycles. The van der Waals surface area contributed by atoms with Crippen LogP contribution in [0.1, 0.15) is 25.3 Å². The van der Waals surface area contributed by atoms with Crippen LogP contribution in [-0.4, -0.2) is 29.5 Å². The van der Waals surface area contributed by atoms with Gasteiger partial charge in [0.05, 0.1) is 12.1 Å². The van der Waals surface area contributed by atoms with Crippen LogP contribution in [-0.2, 0) is 11.3 Å². The molecular formula is C14H20N2O2S. The molecule has 0 saturated heterocycles. The summed E-state index contributed by atoms with van der Waals surface area (Å²) in [4.78, 5) is 14.1. The van der Waals surface area contributed by atoms with Gasteiger partial charge in [-0.3, -0.25) is 4.79 Å². The van der Waals surface area contributed by atoms with E-state index in [9.17, 15) is 4.79 Å². The van der Waals surface area contributed by atoms with Crippen LogP contribution in [0.3, 0.4) is 0 Å². The van der Waals surface area contributed by atoms with Crippen molar-refractivity contribution in [2.45, 2.75) is 26.3 Å². The molecule has 104 valence electrons. The highest BCUT2D eigenvalue weighted by atomic mass is 32.1. The predicted molar refractivity (Wildman–Crippen MR) is 80.1 cm³/mol. The first kappa shape index (κ1) is 15.4. The molecule has 1 aromatic rings. The molecule has 0 unspecified atom stereocenters. The number of nitrogens with two attached hydrogens (primary N) is 1. The zero-order chi connectivity index (χ0) is 14.3. The minimum Gasteiger partial charge on any atom is -0.496 e. The number of hydrogen-bond acceptors (Lipinski definition) is 3. The van der Waals surface area contributed by atoms with Crippen molar-refractivity contribution in [3.63, 3.8) is 0 Å². The quantitative estimate of drug-likeness (QED) is 0.777. The molecule has 19 heavy (non-hydrogen) atoms. The lowest BCUT2D eigenvalue weighted by atomic mass is 10.1. The summed E-state index contributed by atoms with van der Waals surface area (Å²) < 4.78 is 5.30. The second-order valence-electron chi connectivity index (χ2n) is 4.20. The number of carbonyl (C=O) groups excluding carboxylic acids is 1. The summed E-state index contributed by atoms with van der Waals surface area (Å²) in [5, 5.41) is 0. The summed E-state index contributed by atoms with van der Waals surface area (Å²) in [5.74, 6) is 0.869. The normalized spacial score (nSPS) is 10.0. The maximum atomic E-state index is 11.9. The van der Waals surface area contributed by atoms with Crippen molar-refractivity contribution in [2.24, 2.45) is 5.73 Å². The lowest BCUT2D eigenvalue weighted by Gasteiger charge is -2.23. The number of ether oxygens (including phenoxy) is 1. The average molecular weight is 280 g/mol. The maximum Gasteiger partial charge on any atom is 0.222 e. The Bertz CT molecular complexity index is 449. The molecule has 0 heterocycles. The lowest BCUT2D eigenvalue weighted by Crippen LogP contribution is -2.32. The highest BCUT2D eigenvalue weighted by Crippen LogP contribution is 2.19. The maximum absolute atomic E-state index is 11.9. The first-order valence-corrected chi connectivity index (χ1v) is 6.67. The van der Waals surface area contributed by atoms with Crippen molar-refractivity contribution < 1.29 is 9.53 Å². The van der Waals surface area contributed by atoms with Crippen molar-refractivity contribution in [1.82, 2.24) is 4.90 Å². The second-order valence-corrected chi connectivity index (χ2v) is 4.72. The van der Waals surface area contributed by atoms with Gasteiger partial charge in [-0.1, -0.05) is 37.3 Å². The van der Waals surface area contributed by atoms with Gasteiger partial charge in [0.15, 0.2) is 0 Å². The van der Waals surface area contributed by atoms with Crippen LogP contribution in [0.2, 0.25) is 0 Å². The van der Waals surface area contributed by atoms with Gasteiger partial charge in [0.1, 0.15) is 5.75 Å². The van der Waals surface area contributed by atoms with Crippen LogP contribution < -0.4 is 10.5 Å². The minimum absolute atomic E-state index is 0.0853. The van der Waals surface area contributed by atoms with E-state index in [1.807, 2.05) is 31.2 Å². The molecule has 0 bridgehead atoms. The van der Waals surface area contributed by atoms with Crippen molar-refractivity contribution in [1.29, 1.82) is 0 Å². The molecule has 0 aromatic heterocycles. The molecule has 1 aromatic carbocycles. The predicted octanol–water partition coefficient (Wildman–Crippen LogP) is 2.11. The minimum atomic E-state index is 0.0853. The molecule has 0 aliphatic heterocycles. The summed E-state index contributed by atoms with van der Waals surface area (Å²) in [6.07, 6.45) is 1.00. The zero-order valence-corrected chi connectivity index (χ0v) is 12.2. The van der Waals surface area contributed by atoms with E-state index in [-0.39, 0.29) is 5.91 Å². The Kier molecular flexibility index (Phi) is 6.29. The van der Waals surface area contributed by atoms with Gasteiger partial charge < -0.3 is 15.4 Å². The SMILES string of the molecule is CCC(=O)N(CCC(N)=S)Cc1ccccc1OC. The van der Waals surface area contributed by atoms with Gasteiger partial charge in [0.2, 0.25) is 5.91 Å². The molecule has 0 fully saturated rings. The van der Waals surface area contributed by atoms with Gasteiger partial charge in [0.25, 0.3) is 0 Å². The largest absolute Gasteiger partial charge is 0.496 e. The lowest BCUT2D eigenvalue weighted by molar-refractivity contribution is -0.131. The van der Waals surface area contributed by atoms with Crippen molar-refractivity contribution >= 4 is 23.1 Å². The zero-order valence-electron chi connectivity index (χ0n) is 11.4. The number of nitrogens with zero attached hydrogens (tertiary/aromatic N) is 1. The summed E-state index contributed by atoms with van der Waals surface area (Å²) in [7, 11) is 1.62. The fraction of sp³-hybridized carbons (Fsp3) is 0.429. The van der Waals surface area contributed by atoms with Crippen LogP contribution in [0.4, 0.5) is 0 Å². The van der Waals surface area contributed by atoms with Crippen LogP contribution in [0.25, 0.3) is 0 Å². The highest BCUT2D eigenvalue weighted by molar-refractivity contribution is 7.80. The third kappa shape index (κ3) is 4.87. The summed E-state index contributed by atoms with van der Waals surface area (Å²) in [6, 6.07) is 7.68. The topological polar surface area (TPSA) is 55.6 Å². The fourth-order valence-corrected chi connectivity index (χ4v) is 1.89. The molecule has 0 aliphatic rings. The van der Waals surface area contributed by atoms with Gasteiger partial charge >= 0.3 is 0 Å². The Labute approximate surface area is 119 Å². The molecule has 0 atom stereocenters. The van der Waals surface area contributed by atoms with E-state index < -0.39 is 0 Å². The molecule has 0 radical (unpaired) electrons. The van der Waals surface area contributed by atoms with Crippen LogP contribution in [0, 0.1) is 0 Å². The van der Waals surface area contributed by atoms with Gasteiger partial charge in [-0.05, 0) is 6.07 Å². The van der Waals surface area contributed by atoms with Crippen LogP contribution in [0.5, 0.6) is 5.75 Å². The number of carbonyl (C=O) groups is 1. The van der Waals surface area contributed by atoms with Gasteiger partial charge in [0, 0.05) is 31.5 Å². The number of methoxy groups -OCH3 is 1. The van der Waals surface area contributed by atoms with E-state index in [1.54, 1.807) is 12.0 Å². The molecular weight excluding hydrogens is 260 g/mol. The van der Waals surface area contributed by atoms with E-state index in [2.05, 4.69) is 0 Å². The summed E-state index contributed by atoms with van der Waals surface area (Å²) >= 11 is 4.87. The molecule has 2 N–H and O–H groups in total. The van der Waals surface area contributed by atoms with Crippen molar-refractivity contribution in [2.75, 3.05) is 13.7 Å². The molecule has 5 heteroatoms.